The van der Waals surface area contributed by atoms with E-state index in [4.69, 9.17) is 9.47 Å². The molecule has 0 radical (unpaired) electrons. The molecule has 1 aromatic carbocycles. The van der Waals surface area contributed by atoms with Crippen molar-refractivity contribution in [2.45, 2.75) is 12.3 Å². The molecule has 1 heterocycles. The molecule has 0 aliphatic carbocycles. The SMILES string of the molecule is Fc1cc(C(F)(F)F)ccc1OCC1CNCCO1. The summed E-state index contributed by atoms with van der Waals surface area (Å²) in [6, 6.07) is 2.20. The second kappa shape index (κ2) is 5.75. The highest BCUT2D eigenvalue weighted by Crippen LogP contribution is 2.31. The van der Waals surface area contributed by atoms with Gasteiger partial charge in [0.25, 0.3) is 0 Å². The summed E-state index contributed by atoms with van der Waals surface area (Å²) < 4.78 is 60.9. The van der Waals surface area contributed by atoms with E-state index in [9.17, 15) is 17.6 Å². The van der Waals surface area contributed by atoms with E-state index in [1.807, 2.05) is 0 Å². The molecule has 0 amide bonds. The highest BCUT2D eigenvalue weighted by Gasteiger charge is 2.31. The molecule has 1 aromatic rings. The monoisotopic (exact) mass is 279 g/mol. The van der Waals surface area contributed by atoms with Crippen LogP contribution in [0.2, 0.25) is 0 Å². The first-order valence-electron chi connectivity index (χ1n) is 5.78. The minimum Gasteiger partial charge on any atom is -0.488 e. The van der Waals surface area contributed by atoms with Gasteiger partial charge in [0.2, 0.25) is 0 Å². The van der Waals surface area contributed by atoms with Crippen LogP contribution in [0.4, 0.5) is 17.6 Å². The number of ether oxygens (including phenoxy) is 2. The van der Waals surface area contributed by atoms with Gasteiger partial charge in [0, 0.05) is 13.1 Å². The molecule has 7 heteroatoms. The molecule has 3 nitrogen and oxygen atoms in total. The largest absolute Gasteiger partial charge is 0.488 e. The lowest BCUT2D eigenvalue weighted by Crippen LogP contribution is -2.41. The Morgan fingerprint density at radius 3 is 2.74 bits per heavy atom. The van der Waals surface area contributed by atoms with E-state index in [0.717, 1.165) is 18.7 Å². The number of nitrogens with one attached hydrogen (secondary N) is 1. The lowest BCUT2D eigenvalue weighted by molar-refractivity contribution is -0.137. The van der Waals surface area contributed by atoms with Gasteiger partial charge < -0.3 is 14.8 Å². The normalized spacial score (nSPS) is 20.3. The van der Waals surface area contributed by atoms with Crippen LogP contribution in [0.1, 0.15) is 5.56 Å². The summed E-state index contributed by atoms with van der Waals surface area (Å²) in [5.41, 5.74) is -1.03. The maximum absolute atomic E-state index is 13.5. The fourth-order valence-electron chi connectivity index (χ4n) is 1.70. The molecule has 0 bridgehead atoms. The van der Waals surface area contributed by atoms with Gasteiger partial charge in [-0.05, 0) is 18.2 Å². The van der Waals surface area contributed by atoms with Crippen molar-refractivity contribution in [3.8, 4) is 5.75 Å². The van der Waals surface area contributed by atoms with Gasteiger partial charge in [0.1, 0.15) is 12.7 Å². The van der Waals surface area contributed by atoms with Gasteiger partial charge in [-0.1, -0.05) is 0 Å². The van der Waals surface area contributed by atoms with Crippen LogP contribution >= 0.6 is 0 Å². The number of morpholine rings is 1. The predicted octanol–water partition coefficient (Wildman–Crippen LogP) is 2.21. The van der Waals surface area contributed by atoms with Crippen molar-refractivity contribution in [3.05, 3.63) is 29.6 Å². The summed E-state index contributed by atoms with van der Waals surface area (Å²) >= 11 is 0. The quantitative estimate of drug-likeness (QED) is 0.861. The molecular formula is C12H13F4NO2. The Morgan fingerprint density at radius 2 is 2.16 bits per heavy atom. The molecular weight excluding hydrogens is 266 g/mol. The third kappa shape index (κ3) is 3.81. The third-order valence-electron chi connectivity index (χ3n) is 2.69. The zero-order chi connectivity index (χ0) is 13.9. The Kier molecular flexibility index (Phi) is 4.26. The maximum atomic E-state index is 13.5. The van der Waals surface area contributed by atoms with E-state index >= 15 is 0 Å². The molecule has 1 unspecified atom stereocenters. The van der Waals surface area contributed by atoms with E-state index in [0.29, 0.717) is 19.2 Å². The van der Waals surface area contributed by atoms with E-state index in [-0.39, 0.29) is 18.5 Å². The standard InChI is InChI=1S/C12H13F4NO2/c13-10-5-8(12(14,15)16)1-2-11(10)19-7-9-6-17-3-4-18-9/h1-2,5,9,17H,3-4,6-7H2. The van der Waals surface area contributed by atoms with E-state index in [2.05, 4.69) is 5.32 Å². The highest BCUT2D eigenvalue weighted by molar-refractivity contribution is 5.30. The summed E-state index contributed by atoms with van der Waals surface area (Å²) in [6.07, 6.45) is -4.79. The molecule has 1 aliphatic rings. The number of rotatable bonds is 3. The number of hydrogen-bond donors (Lipinski definition) is 1. The first-order chi connectivity index (χ1) is 8.97. The minimum atomic E-state index is -4.56. The summed E-state index contributed by atoms with van der Waals surface area (Å²) in [5, 5.41) is 3.07. The zero-order valence-electron chi connectivity index (χ0n) is 9.97. The van der Waals surface area contributed by atoms with Crippen molar-refractivity contribution < 1.29 is 27.0 Å². The lowest BCUT2D eigenvalue weighted by Gasteiger charge is -2.23. The Bertz CT molecular complexity index is 430. The summed E-state index contributed by atoms with van der Waals surface area (Å²) in [6.45, 7) is 1.94. The number of halogens is 4. The molecule has 1 atom stereocenters. The van der Waals surface area contributed by atoms with E-state index in [1.165, 1.54) is 0 Å². The van der Waals surface area contributed by atoms with Crippen molar-refractivity contribution in [2.75, 3.05) is 26.3 Å². The molecule has 1 fully saturated rings. The Labute approximate surface area is 107 Å². The first kappa shape index (κ1) is 14.1. The van der Waals surface area contributed by atoms with Crippen molar-refractivity contribution in [3.63, 3.8) is 0 Å². The number of hydrogen-bond acceptors (Lipinski definition) is 3. The second-order valence-electron chi connectivity index (χ2n) is 4.15. The molecule has 106 valence electrons. The van der Waals surface area contributed by atoms with Crippen LogP contribution in [-0.2, 0) is 10.9 Å². The number of benzene rings is 1. The lowest BCUT2D eigenvalue weighted by atomic mass is 10.2. The number of alkyl halides is 3. The van der Waals surface area contributed by atoms with Crippen LogP contribution in [-0.4, -0.2) is 32.4 Å². The van der Waals surface area contributed by atoms with Crippen LogP contribution in [0.5, 0.6) is 5.75 Å². The topological polar surface area (TPSA) is 30.5 Å². The van der Waals surface area contributed by atoms with Crippen LogP contribution in [0.3, 0.4) is 0 Å². The third-order valence-corrected chi connectivity index (χ3v) is 2.69. The fraction of sp³-hybridized carbons (Fsp3) is 0.500. The Balaban J connectivity index is 1.97. The van der Waals surface area contributed by atoms with Gasteiger partial charge in [-0.25, -0.2) is 4.39 Å². The van der Waals surface area contributed by atoms with Gasteiger partial charge in [0.05, 0.1) is 12.2 Å². The summed E-state index contributed by atoms with van der Waals surface area (Å²) in [4.78, 5) is 0. The van der Waals surface area contributed by atoms with Gasteiger partial charge in [-0.3, -0.25) is 0 Å². The molecule has 2 rings (SSSR count). The molecule has 0 aromatic heterocycles. The second-order valence-corrected chi connectivity index (χ2v) is 4.15. The van der Waals surface area contributed by atoms with Crippen LogP contribution in [0.25, 0.3) is 0 Å². The average Bonchev–Trinajstić information content (AvgIpc) is 2.37. The van der Waals surface area contributed by atoms with Crippen molar-refractivity contribution in [1.82, 2.24) is 5.32 Å². The summed E-state index contributed by atoms with van der Waals surface area (Å²) in [5.74, 6) is -1.24. The van der Waals surface area contributed by atoms with Gasteiger partial charge in [-0.2, -0.15) is 13.2 Å². The van der Waals surface area contributed by atoms with Crippen LogP contribution in [0, 0.1) is 5.82 Å². The average molecular weight is 279 g/mol. The van der Waals surface area contributed by atoms with Gasteiger partial charge >= 0.3 is 6.18 Å². The smallest absolute Gasteiger partial charge is 0.416 e. The predicted molar refractivity (Wildman–Crippen MR) is 59.5 cm³/mol. The molecule has 1 aliphatic heterocycles. The van der Waals surface area contributed by atoms with Crippen LogP contribution in [0.15, 0.2) is 18.2 Å². The van der Waals surface area contributed by atoms with Crippen molar-refractivity contribution in [1.29, 1.82) is 0 Å². The first-order valence-corrected chi connectivity index (χ1v) is 5.78. The summed E-state index contributed by atoms with van der Waals surface area (Å²) in [7, 11) is 0. The molecule has 19 heavy (non-hydrogen) atoms. The van der Waals surface area contributed by atoms with Crippen molar-refractivity contribution in [2.24, 2.45) is 0 Å². The molecule has 0 spiro atoms. The zero-order valence-corrected chi connectivity index (χ0v) is 9.97. The fourth-order valence-corrected chi connectivity index (χ4v) is 1.70. The van der Waals surface area contributed by atoms with Crippen molar-refractivity contribution >= 4 is 0 Å². The molecule has 1 saturated heterocycles. The van der Waals surface area contributed by atoms with Crippen LogP contribution < -0.4 is 10.1 Å². The Hall–Kier alpha value is -1.34. The van der Waals surface area contributed by atoms with Gasteiger partial charge in [0.15, 0.2) is 11.6 Å². The maximum Gasteiger partial charge on any atom is 0.416 e. The van der Waals surface area contributed by atoms with E-state index in [1.54, 1.807) is 0 Å². The van der Waals surface area contributed by atoms with E-state index < -0.39 is 17.6 Å². The highest BCUT2D eigenvalue weighted by atomic mass is 19.4. The minimum absolute atomic E-state index is 0.0925. The Morgan fingerprint density at radius 1 is 1.37 bits per heavy atom. The van der Waals surface area contributed by atoms with Gasteiger partial charge in [-0.15, -0.1) is 0 Å². The molecule has 0 saturated carbocycles. The molecule has 1 N–H and O–H groups in total.